The van der Waals surface area contributed by atoms with Crippen LogP contribution in [0, 0.1) is 0 Å². The van der Waals surface area contributed by atoms with Crippen LogP contribution in [0.15, 0.2) is 64.6 Å². The zero-order valence-corrected chi connectivity index (χ0v) is 20.9. The van der Waals surface area contributed by atoms with Crippen molar-refractivity contribution in [1.29, 1.82) is 0 Å². The molecule has 10 nitrogen and oxygen atoms in total. The molecule has 0 atom stereocenters. The molecule has 0 spiro atoms. The molecule has 0 aliphatic carbocycles. The summed E-state index contributed by atoms with van der Waals surface area (Å²) in [6.07, 6.45) is 5.03. The topological polar surface area (TPSA) is 104 Å². The molecule has 0 bridgehead atoms. The number of benzene rings is 1. The quantitative estimate of drug-likeness (QED) is 0.257. The monoisotopic (exact) mass is 564 g/mol. The van der Waals surface area contributed by atoms with Crippen molar-refractivity contribution in [1.82, 2.24) is 30.1 Å². The molecule has 33 heavy (non-hydrogen) atoms. The Labute approximate surface area is 210 Å². The van der Waals surface area contributed by atoms with Gasteiger partial charge in [0.25, 0.3) is 0 Å². The van der Waals surface area contributed by atoms with Crippen LogP contribution in [0.1, 0.15) is 11.3 Å². The number of hydrogen-bond acceptors (Lipinski definition) is 6. The second kappa shape index (κ2) is 12.3. The fourth-order valence-electron chi connectivity index (χ4n) is 3.68. The zero-order valence-electron chi connectivity index (χ0n) is 18.6. The Morgan fingerprint density at radius 1 is 1.18 bits per heavy atom. The van der Waals surface area contributed by atoms with Crippen molar-refractivity contribution in [2.75, 3.05) is 38.5 Å². The van der Waals surface area contributed by atoms with Crippen molar-refractivity contribution in [3.8, 4) is 0 Å². The van der Waals surface area contributed by atoms with E-state index in [1.807, 2.05) is 30.3 Å². The molecule has 2 aromatic heterocycles. The molecule has 0 saturated carbocycles. The Balaban J connectivity index is 0.00000306. The number of guanidine groups is 1. The normalized spacial score (nSPS) is 14.6. The number of rotatable bonds is 7. The predicted octanol–water partition coefficient (Wildman–Crippen LogP) is 2.02. The highest BCUT2D eigenvalue weighted by Gasteiger charge is 2.20. The van der Waals surface area contributed by atoms with E-state index in [1.165, 1.54) is 0 Å². The average molecular weight is 564 g/mol. The smallest absolute Gasteiger partial charge is 0.246 e. The third kappa shape index (κ3) is 7.29. The third-order valence-electron chi connectivity index (χ3n) is 5.29. The summed E-state index contributed by atoms with van der Waals surface area (Å²) >= 11 is 0. The number of aromatic nitrogens is 3. The number of aliphatic imine (C=N–C) groups is 1. The number of nitrogens with zero attached hydrogens (tertiary/aromatic N) is 6. The molecule has 1 fully saturated rings. The molecule has 2 N–H and O–H groups in total. The van der Waals surface area contributed by atoms with Gasteiger partial charge in [-0.3, -0.25) is 19.4 Å². The fraction of sp³-hybridized carbons (Fsp3) is 0.364. The first-order chi connectivity index (χ1) is 15.7. The average Bonchev–Trinajstić information content (AvgIpc) is 3.50. The molecule has 1 aliphatic heterocycles. The van der Waals surface area contributed by atoms with E-state index in [2.05, 4.69) is 35.7 Å². The molecule has 0 radical (unpaired) electrons. The fourth-order valence-corrected chi connectivity index (χ4v) is 3.68. The molecule has 1 aromatic carbocycles. The van der Waals surface area contributed by atoms with Crippen molar-refractivity contribution in [3.63, 3.8) is 0 Å². The number of piperazine rings is 1. The van der Waals surface area contributed by atoms with Crippen LogP contribution in [0.3, 0.4) is 0 Å². The standard InChI is InChI=1S/C22H28N8O2.HI/c1-23-22(29-11-9-28(10-12-29)16-20-6-13-32-27-20)24-15-18-4-2-5-19(14-18)26-21(31)17-30-8-3-7-25-30;/h2-8,13-14H,9-12,15-17H2,1H3,(H,23,24)(H,26,31);1H. The summed E-state index contributed by atoms with van der Waals surface area (Å²) in [5.74, 6) is 0.761. The molecule has 4 rings (SSSR count). The molecule has 1 amide bonds. The van der Waals surface area contributed by atoms with Gasteiger partial charge in [0, 0.05) is 70.5 Å². The van der Waals surface area contributed by atoms with E-state index >= 15 is 0 Å². The van der Waals surface area contributed by atoms with Gasteiger partial charge in [-0.05, 0) is 23.8 Å². The zero-order chi connectivity index (χ0) is 22.2. The van der Waals surface area contributed by atoms with Gasteiger partial charge in [-0.25, -0.2) is 0 Å². The van der Waals surface area contributed by atoms with Crippen LogP contribution in [-0.2, 0) is 24.4 Å². The van der Waals surface area contributed by atoms with Crippen molar-refractivity contribution >= 4 is 41.5 Å². The first kappa shape index (κ1) is 24.7. The summed E-state index contributed by atoms with van der Waals surface area (Å²) in [4.78, 5) is 21.3. The third-order valence-corrected chi connectivity index (χ3v) is 5.29. The molecular formula is C22H29IN8O2. The number of hydrogen-bond donors (Lipinski definition) is 2. The van der Waals surface area contributed by atoms with Gasteiger partial charge in [0.05, 0.1) is 5.69 Å². The summed E-state index contributed by atoms with van der Waals surface area (Å²) in [7, 11) is 1.80. The van der Waals surface area contributed by atoms with Gasteiger partial charge >= 0.3 is 0 Å². The molecule has 0 unspecified atom stereocenters. The maximum Gasteiger partial charge on any atom is 0.246 e. The summed E-state index contributed by atoms with van der Waals surface area (Å²) in [6.45, 7) is 5.26. The second-order valence-electron chi connectivity index (χ2n) is 7.61. The maximum atomic E-state index is 12.2. The second-order valence-corrected chi connectivity index (χ2v) is 7.61. The molecule has 176 valence electrons. The van der Waals surface area contributed by atoms with Gasteiger partial charge in [-0.2, -0.15) is 5.10 Å². The van der Waals surface area contributed by atoms with Crippen LogP contribution in [0.5, 0.6) is 0 Å². The van der Waals surface area contributed by atoms with Gasteiger partial charge in [0.2, 0.25) is 5.91 Å². The van der Waals surface area contributed by atoms with Crippen LogP contribution in [0.25, 0.3) is 0 Å². The first-order valence-corrected chi connectivity index (χ1v) is 10.6. The van der Waals surface area contributed by atoms with Crippen LogP contribution < -0.4 is 10.6 Å². The summed E-state index contributed by atoms with van der Waals surface area (Å²) in [5.41, 5.74) is 2.78. The first-order valence-electron chi connectivity index (χ1n) is 10.6. The number of carbonyl (C=O) groups excluding carboxylic acids is 1. The highest BCUT2D eigenvalue weighted by Crippen LogP contribution is 2.12. The highest BCUT2D eigenvalue weighted by atomic mass is 127. The van der Waals surface area contributed by atoms with Crippen molar-refractivity contribution in [2.24, 2.45) is 4.99 Å². The molecule has 3 heterocycles. The number of carbonyl (C=O) groups is 1. The lowest BCUT2D eigenvalue weighted by Gasteiger charge is -2.36. The summed E-state index contributed by atoms with van der Waals surface area (Å²) < 4.78 is 6.51. The van der Waals surface area contributed by atoms with Gasteiger partial charge in [-0.15, -0.1) is 24.0 Å². The molecular weight excluding hydrogens is 535 g/mol. The molecule has 1 aliphatic rings. The molecule has 1 saturated heterocycles. The SMILES string of the molecule is CN=C(NCc1cccc(NC(=O)Cn2cccn2)c1)N1CCN(Cc2ccon2)CC1.I. The Hall–Kier alpha value is -2.93. The lowest BCUT2D eigenvalue weighted by Crippen LogP contribution is -2.52. The van der Waals surface area contributed by atoms with E-state index in [4.69, 9.17) is 4.52 Å². The van der Waals surface area contributed by atoms with E-state index in [-0.39, 0.29) is 36.4 Å². The number of anilines is 1. The van der Waals surface area contributed by atoms with Crippen LogP contribution >= 0.6 is 24.0 Å². The summed E-state index contributed by atoms with van der Waals surface area (Å²) in [5, 5.41) is 14.4. The van der Waals surface area contributed by atoms with Crippen molar-refractivity contribution < 1.29 is 9.32 Å². The Bertz CT molecular complexity index is 1010. The Morgan fingerprint density at radius 2 is 2.03 bits per heavy atom. The molecule has 3 aromatic rings. The van der Waals surface area contributed by atoms with Crippen LogP contribution in [0.4, 0.5) is 5.69 Å². The number of nitrogens with one attached hydrogen (secondary N) is 2. The minimum Gasteiger partial charge on any atom is -0.364 e. The minimum atomic E-state index is -0.113. The van der Waals surface area contributed by atoms with Crippen molar-refractivity contribution in [2.45, 2.75) is 19.6 Å². The number of halogens is 1. The Kier molecular flexibility index (Phi) is 9.24. The predicted molar refractivity (Wildman–Crippen MR) is 136 cm³/mol. The summed E-state index contributed by atoms with van der Waals surface area (Å²) in [6, 6.07) is 11.5. The lowest BCUT2D eigenvalue weighted by molar-refractivity contribution is -0.116. The van der Waals surface area contributed by atoms with Gasteiger partial charge in [-0.1, -0.05) is 17.3 Å². The largest absolute Gasteiger partial charge is 0.364 e. The molecule has 11 heteroatoms. The highest BCUT2D eigenvalue weighted by molar-refractivity contribution is 14.0. The van der Waals surface area contributed by atoms with E-state index in [9.17, 15) is 4.79 Å². The van der Waals surface area contributed by atoms with Gasteiger partial charge < -0.3 is 20.1 Å². The van der Waals surface area contributed by atoms with Crippen LogP contribution in [-0.4, -0.2) is 69.8 Å². The number of amides is 1. The van der Waals surface area contributed by atoms with Crippen LogP contribution in [0.2, 0.25) is 0 Å². The van der Waals surface area contributed by atoms with Gasteiger partial charge in [0.1, 0.15) is 12.8 Å². The Morgan fingerprint density at radius 3 is 2.73 bits per heavy atom. The van der Waals surface area contributed by atoms with E-state index < -0.39 is 0 Å². The van der Waals surface area contributed by atoms with Crippen molar-refractivity contribution in [3.05, 3.63) is 66.3 Å². The van der Waals surface area contributed by atoms with E-state index in [0.717, 1.165) is 55.6 Å². The lowest BCUT2D eigenvalue weighted by atomic mass is 10.2. The minimum absolute atomic E-state index is 0. The van der Waals surface area contributed by atoms with Gasteiger partial charge in [0.15, 0.2) is 5.96 Å². The van der Waals surface area contributed by atoms with E-state index in [0.29, 0.717) is 6.54 Å². The van der Waals surface area contributed by atoms with E-state index in [1.54, 1.807) is 36.5 Å². The maximum absolute atomic E-state index is 12.2.